The second-order valence-corrected chi connectivity index (χ2v) is 11.8. The first-order valence-corrected chi connectivity index (χ1v) is 15.1. The minimum atomic E-state index is -0.847. The summed E-state index contributed by atoms with van der Waals surface area (Å²) in [4.78, 5) is 42.0. The average Bonchev–Trinajstić information content (AvgIpc) is 3.73. The molecule has 0 amide bonds. The summed E-state index contributed by atoms with van der Waals surface area (Å²) in [5.41, 5.74) is 5.41. The van der Waals surface area contributed by atoms with Gasteiger partial charge >= 0.3 is 11.9 Å². The van der Waals surface area contributed by atoms with E-state index >= 15 is 0 Å². The molecular weight excluding hydrogens is 725 g/mol. The quantitative estimate of drug-likeness (QED) is 0.384. The number of aliphatic carboxylic acids is 2. The number of carboxylic acid groups (broad SMARTS) is 2. The third-order valence-corrected chi connectivity index (χ3v) is 8.37. The van der Waals surface area contributed by atoms with Crippen molar-refractivity contribution in [2.75, 3.05) is 65.4 Å². The summed E-state index contributed by atoms with van der Waals surface area (Å²) in [5.74, 6) is -1.30. The topological polar surface area (TPSA) is 144 Å². The van der Waals surface area contributed by atoms with E-state index in [-0.39, 0.29) is 50.0 Å². The van der Waals surface area contributed by atoms with Gasteiger partial charge in [0.25, 0.3) is 0 Å². The average molecular weight is 765 g/mol. The Labute approximate surface area is 286 Å². The first kappa shape index (κ1) is 32.8. The first-order valence-electron chi connectivity index (χ1n) is 15.1. The van der Waals surface area contributed by atoms with Gasteiger partial charge in [-0.25, -0.2) is 9.67 Å². The summed E-state index contributed by atoms with van der Waals surface area (Å²) >= 11 is 0. The number of nitrogens with zero attached hydrogens (tertiary/aromatic N) is 9. The minimum absolute atomic E-state index is 0. The predicted molar refractivity (Wildman–Crippen MR) is 157 cm³/mol. The van der Waals surface area contributed by atoms with Gasteiger partial charge in [-0.2, -0.15) is 0 Å². The Morgan fingerprint density at radius 1 is 0.705 bits per heavy atom. The van der Waals surface area contributed by atoms with E-state index in [0.29, 0.717) is 77.9 Å². The van der Waals surface area contributed by atoms with Crippen molar-refractivity contribution in [3.63, 3.8) is 0 Å². The smallest absolute Gasteiger partial charge is 0.317 e. The summed E-state index contributed by atoms with van der Waals surface area (Å²) in [6.45, 7) is 6.41. The first-order chi connectivity index (χ1) is 20.9. The molecular formula is C30H39LuN9O4. The zero-order valence-corrected chi connectivity index (χ0v) is 26.3. The van der Waals surface area contributed by atoms with Crippen LogP contribution < -0.4 is 0 Å². The Kier molecular flexibility index (Phi) is 11.3. The van der Waals surface area contributed by atoms with Crippen LogP contribution in [0.4, 0.5) is 0 Å². The second kappa shape index (κ2) is 15.2. The number of carbonyl (C=O) groups is 2. The third-order valence-electron chi connectivity index (χ3n) is 8.37. The molecule has 1 radical (unpaired) electrons. The van der Waals surface area contributed by atoms with Gasteiger partial charge in [0, 0.05) is 108 Å². The number of hydrogen-bond donors (Lipinski definition) is 2. The van der Waals surface area contributed by atoms with E-state index in [4.69, 9.17) is 9.97 Å². The number of aromatic nitrogens is 5. The maximum Gasteiger partial charge on any atom is 0.317 e. The second-order valence-electron chi connectivity index (χ2n) is 11.8. The Morgan fingerprint density at radius 2 is 1.20 bits per heavy atom. The fourth-order valence-electron chi connectivity index (χ4n) is 5.94. The zero-order chi connectivity index (χ0) is 29.8. The molecule has 0 unspecified atom stereocenters. The fourth-order valence-corrected chi connectivity index (χ4v) is 5.94. The molecule has 6 heterocycles. The van der Waals surface area contributed by atoms with Gasteiger partial charge in [-0.3, -0.25) is 34.2 Å². The Balaban J connectivity index is 0.00000384. The fraction of sp³-hybridized carbons (Fsp3) is 0.533. The van der Waals surface area contributed by atoms with Crippen molar-refractivity contribution in [1.82, 2.24) is 44.6 Å². The molecule has 7 rings (SSSR count). The van der Waals surface area contributed by atoms with Crippen molar-refractivity contribution in [3.8, 4) is 11.4 Å². The van der Waals surface area contributed by atoms with Crippen molar-refractivity contribution in [1.29, 1.82) is 0 Å². The molecule has 2 fully saturated rings. The van der Waals surface area contributed by atoms with Crippen molar-refractivity contribution >= 4 is 11.9 Å². The molecule has 3 aromatic heterocycles. The maximum atomic E-state index is 11.7. The van der Waals surface area contributed by atoms with Crippen LogP contribution in [0.25, 0.3) is 11.4 Å². The van der Waals surface area contributed by atoms with Crippen LogP contribution in [-0.2, 0) is 29.2 Å². The summed E-state index contributed by atoms with van der Waals surface area (Å²) in [7, 11) is 0. The van der Waals surface area contributed by atoms with Crippen molar-refractivity contribution in [3.05, 3.63) is 59.2 Å². The molecule has 2 N–H and O–H groups in total. The van der Waals surface area contributed by atoms with Crippen LogP contribution in [-0.4, -0.2) is 132 Å². The van der Waals surface area contributed by atoms with E-state index in [1.54, 1.807) is 0 Å². The van der Waals surface area contributed by atoms with Crippen LogP contribution in [0, 0.1) is 36.9 Å². The van der Waals surface area contributed by atoms with E-state index in [9.17, 15) is 19.8 Å². The summed E-state index contributed by atoms with van der Waals surface area (Å²) in [6, 6.07) is 12.0. The number of carboxylic acids is 2. The van der Waals surface area contributed by atoms with Crippen LogP contribution in [0.2, 0.25) is 0 Å². The molecule has 44 heavy (non-hydrogen) atoms. The zero-order valence-electron chi connectivity index (χ0n) is 24.6. The number of pyridine rings is 2. The Hall–Kier alpha value is -2.55. The van der Waals surface area contributed by atoms with Gasteiger partial charge in [0.2, 0.25) is 0 Å². The third kappa shape index (κ3) is 8.79. The standard InChI is InChI=1S/C30H39N9O4.Lu/c40-27(41)20-37-13-9-35-10-14-38(21-28(42)43)16-12-36(11-15-37)18-24-5-2-6-26(32-24)30-29(22-7-8-22)33-34-39(30)19-25-4-1-3-23(17-35)31-25;/h1-6,22H,7-21H2,(H,40,41)(H,42,43);. The SMILES string of the molecule is O=C(O)CN1CCN2CCN(CC(=O)O)CCN(CC1)Cc1cccc(n1)-c1c(C3CC3)nnn1Cc1cccc(n1)C2.[Lu]. The van der Waals surface area contributed by atoms with Crippen LogP contribution in [0.5, 0.6) is 0 Å². The largest absolute Gasteiger partial charge is 0.480 e. The molecule has 0 atom stereocenters. The number of rotatable bonds is 5. The molecule has 0 aromatic carbocycles. The van der Waals surface area contributed by atoms with Crippen LogP contribution in [0.3, 0.4) is 0 Å². The van der Waals surface area contributed by atoms with Gasteiger partial charge < -0.3 is 10.2 Å². The van der Waals surface area contributed by atoms with Crippen molar-refractivity contribution in [2.24, 2.45) is 0 Å². The molecule has 0 spiro atoms. The normalized spacial score (nSPS) is 21.9. The van der Waals surface area contributed by atoms with Gasteiger partial charge in [0.05, 0.1) is 48.1 Å². The Morgan fingerprint density at radius 3 is 1.73 bits per heavy atom. The van der Waals surface area contributed by atoms with Crippen LogP contribution in [0.15, 0.2) is 36.4 Å². The molecule has 1 saturated carbocycles. The molecule has 3 aliphatic heterocycles. The van der Waals surface area contributed by atoms with Gasteiger partial charge in [0.1, 0.15) is 5.69 Å². The summed E-state index contributed by atoms with van der Waals surface area (Å²) < 4.78 is 1.93. The molecule has 4 aliphatic rings. The van der Waals surface area contributed by atoms with Gasteiger partial charge in [-0.15, -0.1) is 5.10 Å². The van der Waals surface area contributed by atoms with E-state index < -0.39 is 11.9 Å². The number of fused-ring (bicyclic) bond motifs is 8. The summed E-state index contributed by atoms with van der Waals surface area (Å²) in [5, 5.41) is 28.4. The molecule has 13 nitrogen and oxygen atoms in total. The van der Waals surface area contributed by atoms with Gasteiger partial charge in [-0.1, -0.05) is 17.3 Å². The van der Waals surface area contributed by atoms with Crippen molar-refractivity contribution < 1.29 is 56.7 Å². The van der Waals surface area contributed by atoms with Crippen LogP contribution >= 0.6 is 0 Å². The number of hydrogen-bond acceptors (Lipinski definition) is 10. The predicted octanol–water partition coefficient (Wildman–Crippen LogP) is 1.07. The van der Waals surface area contributed by atoms with E-state index in [0.717, 1.165) is 47.0 Å². The minimum Gasteiger partial charge on any atom is -0.480 e. The Bertz CT molecular complexity index is 1420. The molecule has 243 valence electrons. The monoisotopic (exact) mass is 764 g/mol. The van der Waals surface area contributed by atoms with E-state index in [1.807, 2.05) is 50.9 Å². The summed E-state index contributed by atoms with van der Waals surface area (Å²) in [6.07, 6.45) is 2.20. The molecule has 1 saturated heterocycles. The van der Waals surface area contributed by atoms with Crippen LogP contribution in [0.1, 0.15) is 41.5 Å². The van der Waals surface area contributed by atoms with Gasteiger partial charge in [0.15, 0.2) is 0 Å². The van der Waals surface area contributed by atoms with E-state index in [2.05, 4.69) is 20.1 Å². The molecule has 14 heteroatoms. The molecule has 1 aliphatic carbocycles. The molecule has 6 bridgehead atoms. The van der Waals surface area contributed by atoms with Gasteiger partial charge in [-0.05, 0) is 37.1 Å². The van der Waals surface area contributed by atoms with E-state index in [1.165, 1.54) is 0 Å². The molecule has 3 aromatic rings. The maximum absolute atomic E-state index is 11.7. The van der Waals surface area contributed by atoms with Crippen molar-refractivity contribution in [2.45, 2.75) is 38.4 Å².